The van der Waals surface area contributed by atoms with E-state index < -0.39 is 5.97 Å². The summed E-state index contributed by atoms with van der Waals surface area (Å²) in [4.78, 5) is 15.5. The molecule has 0 aliphatic rings. The Morgan fingerprint density at radius 2 is 2.11 bits per heavy atom. The number of carbonyl (C=O) groups is 1. The van der Waals surface area contributed by atoms with Gasteiger partial charge < -0.3 is 15.0 Å². The minimum atomic E-state index is -0.544. The minimum Gasteiger partial charge on any atom is -0.461 e. The maximum Gasteiger partial charge on any atom is 0.360 e. The molecule has 0 fully saturated rings. The lowest BCUT2D eigenvalue weighted by molar-refractivity contribution is 0.0521. The molecule has 5 nitrogen and oxygen atoms in total. The first kappa shape index (κ1) is 13.1. The van der Waals surface area contributed by atoms with Crippen LogP contribution in [0.15, 0.2) is 30.6 Å². The first-order chi connectivity index (χ1) is 9.11. The zero-order chi connectivity index (χ0) is 13.8. The number of nitrogens with zero attached hydrogens (tertiary/aromatic N) is 2. The number of hydrogen-bond acceptors (Lipinski definition) is 4. The fraction of sp³-hybridized carbons (Fsp3) is 0.231. The van der Waals surface area contributed by atoms with Crippen molar-refractivity contribution >= 4 is 11.8 Å². The summed E-state index contributed by atoms with van der Waals surface area (Å²) < 4.78 is 19.2. The standard InChI is InChI=1S/C13H14FN3O2/c1-2-19-13(18)11-12(15)17(8-16-11)7-9-3-5-10(14)6-4-9/h3-6,8H,2,7,15H2,1H3. The van der Waals surface area contributed by atoms with Gasteiger partial charge in [-0.05, 0) is 24.6 Å². The summed E-state index contributed by atoms with van der Waals surface area (Å²) in [6, 6.07) is 6.04. The van der Waals surface area contributed by atoms with Crippen LogP contribution in [0.4, 0.5) is 10.2 Å². The Morgan fingerprint density at radius 1 is 1.42 bits per heavy atom. The normalized spacial score (nSPS) is 10.4. The summed E-state index contributed by atoms with van der Waals surface area (Å²) in [7, 11) is 0. The van der Waals surface area contributed by atoms with Crippen LogP contribution in [0, 0.1) is 5.82 Å². The fourth-order valence-electron chi connectivity index (χ4n) is 1.66. The first-order valence-electron chi connectivity index (χ1n) is 5.84. The number of benzene rings is 1. The molecule has 1 aromatic heterocycles. The second kappa shape index (κ2) is 5.51. The Hall–Kier alpha value is -2.37. The number of anilines is 1. The third kappa shape index (κ3) is 2.90. The van der Waals surface area contributed by atoms with Crippen LogP contribution in [0.1, 0.15) is 23.0 Å². The molecule has 1 aromatic carbocycles. The van der Waals surface area contributed by atoms with Gasteiger partial charge in [0.2, 0.25) is 0 Å². The number of aromatic nitrogens is 2. The molecule has 19 heavy (non-hydrogen) atoms. The number of halogens is 1. The maximum atomic E-state index is 12.8. The number of nitrogen functional groups attached to an aromatic ring is 1. The van der Waals surface area contributed by atoms with Gasteiger partial charge in [0.25, 0.3) is 0 Å². The number of hydrogen-bond donors (Lipinski definition) is 1. The third-order valence-electron chi connectivity index (χ3n) is 2.61. The van der Waals surface area contributed by atoms with Crippen LogP contribution in [-0.4, -0.2) is 22.1 Å². The average molecular weight is 263 g/mol. The van der Waals surface area contributed by atoms with Gasteiger partial charge in [-0.25, -0.2) is 14.2 Å². The van der Waals surface area contributed by atoms with Crippen molar-refractivity contribution in [2.45, 2.75) is 13.5 Å². The van der Waals surface area contributed by atoms with Crippen molar-refractivity contribution in [1.82, 2.24) is 9.55 Å². The SMILES string of the molecule is CCOC(=O)c1ncn(Cc2ccc(F)cc2)c1N. The second-order valence-corrected chi connectivity index (χ2v) is 3.95. The van der Waals surface area contributed by atoms with Gasteiger partial charge in [0.05, 0.1) is 19.5 Å². The highest BCUT2D eigenvalue weighted by atomic mass is 19.1. The molecule has 0 aliphatic heterocycles. The Labute approximate surface area is 109 Å². The lowest BCUT2D eigenvalue weighted by Gasteiger charge is -2.06. The molecule has 2 rings (SSSR count). The van der Waals surface area contributed by atoms with E-state index in [2.05, 4.69) is 4.98 Å². The van der Waals surface area contributed by atoms with Crippen LogP contribution in [-0.2, 0) is 11.3 Å². The number of carbonyl (C=O) groups excluding carboxylic acids is 1. The van der Waals surface area contributed by atoms with Crippen LogP contribution in [0.5, 0.6) is 0 Å². The summed E-state index contributed by atoms with van der Waals surface area (Å²) in [6.07, 6.45) is 1.46. The van der Waals surface area contributed by atoms with E-state index in [0.717, 1.165) is 5.56 Å². The van der Waals surface area contributed by atoms with Crippen LogP contribution >= 0.6 is 0 Å². The number of rotatable bonds is 4. The van der Waals surface area contributed by atoms with E-state index in [4.69, 9.17) is 10.5 Å². The number of esters is 1. The van der Waals surface area contributed by atoms with Gasteiger partial charge in [-0.2, -0.15) is 0 Å². The van der Waals surface area contributed by atoms with E-state index in [1.807, 2.05) is 0 Å². The van der Waals surface area contributed by atoms with Crippen LogP contribution in [0.2, 0.25) is 0 Å². The van der Waals surface area contributed by atoms with Crippen molar-refractivity contribution in [2.75, 3.05) is 12.3 Å². The zero-order valence-corrected chi connectivity index (χ0v) is 10.5. The molecule has 1 heterocycles. The monoisotopic (exact) mass is 263 g/mol. The van der Waals surface area contributed by atoms with Crippen LogP contribution in [0.25, 0.3) is 0 Å². The van der Waals surface area contributed by atoms with Gasteiger partial charge >= 0.3 is 5.97 Å². The zero-order valence-electron chi connectivity index (χ0n) is 10.5. The summed E-state index contributed by atoms with van der Waals surface area (Å²) >= 11 is 0. The highest BCUT2D eigenvalue weighted by molar-refractivity contribution is 5.92. The molecule has 0 unspecified atom stereocenters. The lowest BCUT2D eigenvalue weighted by Crippen LogP contribution is -2.10. The van der Waals surface area contributed by atoms with Crippen LogP contribution < -0.4 is 5.73 Å². The predicted octanol–water partition coefficient (Wildman–Crippen LogP) is 1.83. The van der Waals surface area contributed by atoms with E-state index in [0.29, 0.717) is 6.54 Å². The summed E-state index contributed by atoms with van der Waals surface area (Å²) in [6.45, 7) is 2.39. The average Bonchev–Trinajstić information content (AvgIpc) is 2.74. The third-order valence-corrected chi connectivity index (χ3v) is 2.61. The van der Waals surface area contributed by atoms with Gasteiger partial charge in [-0.3, -0.25) is 0 Å². The summed E-state index contributed by atoms with van der Waals surface area (Å²) in [5.74, 6) is -0.602. The molecule has 6 heteroatoms. The molecular formula is C13H14FN3O2. The van der Waals surface area contributed by atoms with E-state index in [-0.39, 0.29) is 23.9 Å². The number of nitrogens with two attached hydrogens (primary N) is 1. The molecule has 0 radical (unpaired) electrons. The Morgan fingerprint density at radius 3 is 2.74 bits per heavy atom. The summed E-state index contributed by atoms with van der Waals surface area (Å²) in [5, 5.41) is 0. The fourth-order valence-corrected chi connectivity index (χ4v) is 1.66. The van der Waals surface area contributed by atoms with Crippen molar-refractivity contribution in [2.24, 2.45) is 0 Å². The van der Waals surface area contributed by atoms with Gasteiger partial charge in [0, 0.05) is 0 Å². The van der Waals surface area contributed by atoms with Crippen molar-refractivity contribution in [3.8, 4) is 0 Å². The maximum absolute atomic E-state index is 12.8. The highest BCUT2D eigenvalue weighted by Gasteiger charge is 2.16. The highest BCUT2D eigenvalue weighted by Crippen LogP contribution is 2.14. The van der Waals surface area contributed by atoms with Gasteiger partial charge in [-0.15, -0.1) is 0 Å². The quantitative estimate of drug-likeness (QED) is 0.854. The molecule has 0 atom stereocenters. The Kier molecular flexibility index (Phi) is 3.79. The Bertz CT molecular complexity index is 578. The van der Waals surface area contributed by atoms with E-state index in [1.165, 1.54) is 18.5 Å². The molecule has 100 valence electrons. The molecule has 0 spiro atoms. The largest absolute Gasteiger partial charge is 0.461 e. The molecule has 2 N–H and O–H groups in total. The minimum absolute atomic E-state index is 0.101. The van der Waals surface area contributed by atoms with Crippen LogP contribution in [0.3, 0.4) is 0 Å². The molecular weight excluding hydrogens is 249 g/mol. The van der Waals surface area contributed by atoms with Crippen molar-refractivity contribution < 1.29 is 13.9 Å². The topological polar surface area (TPSA) is 70.1 Å². The number of imidazole rings is 1. The van der Waals surface area contributed by atoms with E-state index in [9.17, 15) is 9.18 Å². The molecule has 0 aliphatic carbocycles. The molecule has 0 bridgehead atoms. The van der Waals surface area contributed by atoms with Crippen molar-refractivity contribution in [3.05, 3.63) is 47.7 Å². The van der Waals surface area contributed by atoms with E-state index >= 15 is 0 Å². The van der Waals surface area contributed by atoms with Gasteiger partial charge in [0.15, 0.2) is 5.69 Å². The molecule has 2 aromatic rings. The number of ether oxygens (including phenoxy) is 1. The Balaban J connectivity index is 2.18. The van der Waals surface area contributed by atoms with Gasteiger partial charge in [0.1, 0.15) is 11.6 Å². The molecule has 0 amide bonds. The second-order valence-electron chi connectivity index (χ2n) is 3.95. The molecule has 0 saturated carbocycles. The smallest absolute Gasteiger partial charge is 0.360 e. The first-order valence-corrected chi connectivity index (χ1v) is 5.84. The predicted molar refractivity (Wildman–Crippen MR) is 68.1 cm³/mol. The van der Waals surface area contributed by atoms with E-state index in [1.54, 1.807) is 23.6 Å². The molecule has 0 saturated heterocycles. The van der Waals surface area contributed by atoms with Crippen molar-refractivity contribution in [3.63, 3.8) is 0 Å². The van der Waals surface area contributed by atoms with Crippen molar-refractivity contribution in [1.29, 1.82) is 0 Å². The van der Waals surface area contributed by atoms with Gasteiger partial charge in [-0.1, -0.05) is 12.1 Å². The lowest BCUT2D eigenvalue weighted by atomic mass is 10.2. The summed E-state index contributed by atoms with van der Waals surface area (Å²) in [5.41, 5.74) is 6.80.